The van der Waals surface area contributed by atoms with E-state index < -0.39 is 17.7 Å². The van der Waals surface area contributed by atoms with Crippen LogP contribution in [-0.4, -0.2) is 52.8 Å². The molecule has 1 aliphatic heterocycles. The van der Waals surface area contributed by atoms with Gasteiger partial charge < -0.3 is 20.1 Å². The van der Waals surface area contributed by atoms with Crippen molar-refractivity contribution in [1.82, 2.24) is 10.2 Å². The van der Waals surface area contributed by atoms with E-state index in [0.717, 1.165) is 12.8 Å². The van der Waals surface area contributed by atoms with E-state index in [2.05, 4.69) is 5.32 Å². The second kappa shape index (κ2) is 9.17. The molecule has 1 fully saturated rings. The molecule has 0 bridgehead atoms. The molecule has 0 radical (unpaired) electrons. The SMILES string of the molecule is CC(C)(C)OC(=O)N[C@@H](CC(=O)N1CCC[C@H]1CO)Cc1ccccc1F. The van der Waals surface area contributed by atoms with E-state index in [1.165, 1.54) is 6.07 Å². The smallest absolute Gasteiger partial charge is 0.407 e. The van der Waals surface area contributed by atoms with Crippen molar-refractivity contribution < 1.29 is 23.8 Å². The molecule has 1 aliphatic rings. The molecule has 1 aromatic rings. The Labute approximate surface area is 159 Å². The lowest BCUT2D eigenvalue weighted by Crippen LogP contribution is -2.45. The third-order valence-electron chi connectivity index (χ3n) is 4.47. The number of hydrogen-bond donors (Lipinski definition) is 2. The first kappa shape index (κ1) is 21.2. The third kappa shape index (κ3) is 6.50. The van der Waals surface area contributed by atoms with Crippen LogP contribution in [-0.2, 0) is 16.0 Å². The van der Waals surface area contributed by atoms with Gasteiger partial charge in [-0.2, -0.15) is 0 Å². The van der Waals surface area contributed by atoms with Crippen molar-refractivity contribution in [3.05, 3.63) is 35.6 Å². The molecule has 2 amide bonds. The van der Waals surface area contributed by atoms with Crippen LogP contribution in [0.15, 0.2) is 24.3 Å². The van der Waals surface area contributed by atoms with Crippen LogP contribution in [0.5, 0.6) is 0 Å². The minimum Gasteiger partial charge on any atom is -0.444 e. The van der Waals surface area contributed by atoms with Crippen molar-refractivity contribution in [2.24, 2.45) is 0 Å². The standard InChI is InChI=1S/C20H29FN2O4/c1-20(2,3)27-19(26)22-15(11-14-7-4-5-9-17(14)21)12-18(25)23-10-6-8-16(23)13-24/h4-5,7,9,15-16,24H,6,8,10-13H2,1-3H3,(H,22,26)/t15-,16+/m1/s1. The molecule has 0 aliphatic carbocycles. The largest absolute Gasteiger partial charge is 0.444 e. The Bertz CT molecular complexity index is 660. The first-order valence-electron chi connectivity index (χ1n) is 9.33. The van der Waals surface area contributed by atoms with Gasteiger partial charge in [0.15, 0.2) is 0 Å². The highest BCUT2D eigenvalue weighted by atomic mass is 19.1. The molecule has 6 nitrogen and oxygen atoms in total. The summed E-state index contributed by atoms with van der Waals surface area (Å²) in [4.78, 5) is 26.5. The number of ether oxygens (including phenoxy) is 1. The van der Waals surface area contributed by atoms with Crippen molar-refractivity contribution in [2.75, 3.05) is 13.2 Å². The van der Waals surface area contributed by atoms with Crippen LogP contribution in [0.1, 0.15) is 45.6 Å². The number of rotatable bonds is 6. The summed E-state index contributed by atoms with van der Waals surface area (Å²) in [6, 6.07) is 5.50. The number of aliphatic hydroxyl groups is 1. The average molecular weight is 380 g/mol. The number of carbonyl (C=O) groups excluding carboxylic acids is 2. The molecule has 1 aromatic carbocycles. The van der Waals surface area contributed by atoms with Gasteiger partial charge in [0.05, 0.1) is 12.6 Å². The Hall–Kier alpha value is -2.15. The predicted octanol–water partition coefficient (Wildman–Crippen LogP) is 2.63. The van der Waals surface area contributed by atoms with Gasteiger partial charge in [-0.25, -0.2) is 9.18 Å². The molecule has 2 N–H and O–H groups in total. The lowest BCUT2D eigenvalue weighted by atomic mass is 10.0. The highest BCUT2D eigenvalue weighted by Crippen LogP contribution is 2.20. The van der Waals surface area contributed by atoms with Crippen LogP contribution < -0.4 is 5.32 Å². The lowest BCUT2D eigenvalue weighted by molar-refractivity contribution is -0.133. The molecule has 0 aromatic heterocycles. The molecule has 150 valence electrons. The molecule has 2 atom stereocenters. The Kier molecular flexibility index (Phi) is 7.18. The molecule has 0 spiro atoms. The quantitative estimate of drug-likeness (QED) is 0.795. The average Bonchev–Trinajstić information content (AvgIpc) is 3.03. The minimum atomic E-state index is -0.673. The van der Waals surface area contributed by atoms with Gasteiger partial charge in [-0.15, -0.1) is 0 Å². The summed E-state index contributed by atoms with van der Waals surface area (Å²) in [5.41, 5.74) is -0.250. The van der Waals surface area contributed by atoms with Crippen molar-refractivity contribution >= 4 is 12.0 Å². The van der Waals surface area contributed by atoms with E-state index in [1.54, 1.807) is 43.9 Å². The highest BCUT2D eigenvalue weighted by Gasteiger charge is 2.30. The molecule has 1 heterocycles. The molecular weight excluding hydrogens is 351 g/mol. The van der Waals surface area contributed by atoms with Gasteiger partial charge in [-0.1, -0.05) is 18.2 Å². The zero-order chi connectivity index (χ0) is 20.0. The van der Waals surface area contributed by atoms with Gasteiger partial charge in [0.25, 0.3) is 0 Å². The zero-order valence-corrected chi connectivity index (χ0v) is 16.2. The maximum Gasteiger partial charge on any atom is 0.407 e. The van der Waals surface area contributed by atoms with Crippen LogP contribution in [0.3, 0.4) is 0 Å². The summed E-state index contributed by atoms with van der Waals surface area (Å²) in [6.45, 7) is 5.76. The van der Waals surface area contributed by atoms with Crippen molar-refractivity contribution in [1.29, 1.82) is 0 Å². The summed E-state index contributed by atoms with van der Waals surface area (Å²) >= 11 is 0. The topological polar surface area (TPSA) is 78.9 Å². The Balaban J connectivity index is 2.09. The van der Waals surface area contributed by atoms with E-state index in [1.807, 2.05) is 0 Å². The first-order chi connectivity index (χ1) is 12.7. The molecule has 0 saturated carbocycles. The molecule has 2 rings (SSSR count). The number of likely N-dealkylation sites (tertiary alicyclic amines) is 1. The van der Waals surface area contributed by atoms with E-state index in [0.29, 0.717) is 12.1 Å². The Morgan fingerprint density at radius 1 is 1.37 bits per heavy atom. The van der Waals surface area contributed by atoms with Crippen molar-refractivity contribution in [2.45, 2.75) is 64.1 Å². The molecule has 0 unspecified atom stereocenters. The van der Waals surface area contributed by atoms with Crippen LogP contribution >= 0.6 is 0 Å². The number of halogens is 1. The number of aliphatic hydroxyl groups excluding tert-OH is 1. The van der Waals surface area contributed by atoms with Crippen LogP contribution in [0.25, 0.3) is 0 Å². The second-order valence-corrected chi connectivity index (χ2v) is 7.91. The van der Waals surface area contributed by atoms with Crippen LogP contribution in [0.4, 0.5) is 9.18 Å². The van der Waals surface area contributed by atoms with E-state index in [9.17, 15) is 19.1 Å². The lowest BCUT2D eigenvalue weighted by Gasteiger charge is -2.27. The summed E-state index contributed by atoms with van der Waals surface area (Å²) in [6.07, 6.45) is 1.16. The Morgan fingerprint density at radius 2 is 2.07 bits per heavy atom. The number of benzene rings is 1. The van der Waals surface area contributed by atoms with Crippen molar-refractivity contribution in [3.63, 3.8) is 0 Å². The summed E-state index contributed by atoms with van der Waals surface area (Å²) < 4.78 is 19.3. The second-order valence-electron chi connectivity index (χ2n) is 7.91. The number of alkyl carbamates (subject to hydrolysis) is 1. The Morgan fingerprint density at radius 3 is 2.70 bits per heavy atom. The van der Waals surface area contributed by atoms with Crippen LogP contribution in [0, 0.1) is 5.82 Å². The van der Waals surface area contributed by atoms with Gasteiger partial charge in [-0.05, 0) is 51.7 Å². The van der Waals surface area contributed by atoms with E-state index >= 15 is 0 Å². The summed E-state index contributed by atoms with van der Waals surface area (Å²) in [5.74, 6) is -0.542. The van der Waals surface area contributed by atoms with Gasteiger partial charge in [0.1, 0.15) is 11.4 Å². The maximum atomic E-state index is 14.0. The van der Waals surface area contributed by atoms with Crippen molar-refractivity contribution in [3.8, 4) is 0 Å². The maximum absolute atomic E-state index is 14.0. The number of carbonyl (C=O) groups is 2. The van der Waals surface area contributed by atoms with Gasteiger partial charge in [-0.3, -0.25) is 4.79 Å². The summed E-state index contributed by atoms with van der Waals surface area (Å²) in [5, 5.41) is 12.1. The number of amides is 2. The van der Waals surface area contributed by atoms with Gasteiger partial charge in [0.2, 0.25) is 5.91 Å². The number of hydrogen-bond acceptors (Lipinski definition) is 4. The number of nitrogens with zero attached hydrogens (tertiary/aromatic N) is 1. The highest BCUT2D eigenvalue weighted by molar-refractivity contribution is 5.78. The monoisotopic (exact) mass is 380 g/mol. The zero-order valence-electron chi connectivity index (χ0n) is 16.2. The molecular formula is C20H29FN2O4. The molecule has 1 saturated heterocycles. The molecule has 7 heteroatoms. The first-order valence-corrected chi connectivity index (χ1v) is 9.33. The van der Waals surface area contributed by atoms with Gasteiger partial charge in [0, 0.05) is 19.0 Å². The minimum absolute atomic E-state index is 0.0179. The fraction of sp³-hybridized carbons (Fsp3) is 0.600. The summed E-state index contributed by atoms with van der Waals surface area (Å²) in [7, 11) is 0. The predicted molar refractivity (Wildman–Crippen MR) is 99.7 cm³/mol. The normalized spacial score (nSPS) is 18.3. The molecule has 27 heavy (non-hydrogen) atoms. The third-order valence-corrected chi connectivity index (χ3v) is 4.47. The van der Waals surface area contributed by atoms with E-state index in [-0.39, 0.29) is 37.2 Å². The fourth-order valence-electron chi connectivity index (χ4n) is 3.26. The number of nitrogens with one attached hydrogen (secondary N) is 1. The van der Waals surface area contributed by atoms with E-state index in [4.69, 9.17) is 4.74 Å². The van der Waals surface area contributed by atoms with Crippen LogP contribution in [0.2, 0.25) is 0 Å². The van der Waals surface area contributed by atoms with Gasteiger partial charge >= 0.3 is 6.09 Å². The fourth-order valence-corrected chi connectivity index (χ4v) is 3.26.